The molecule has 1 saturated heterocycles. The average Bonchev–Trinajstić information content (AvgIpc) is 2.58. The number of cyclic esters (lactones) is 1. The number of rotatable bonds is 3. The summed E-state index contributed by atoms with van der Waals surface area (Å²) in [6.45, 7) is 4.63. The Morgan fingerprint density at radius 3 is 2.94 bits per heavy atom. The van der Waals surface area contributed by atoms with Gasteiger partial charge in [-0.3, -0.25) is 9.88 Å². The standard InChI is InChI=1S/C12H16N2O2/c1-3-11-9(2)14(12(15)16-11)8-10-5-4-6-13-7-10/h4-7,9,11H,3,8H2,1-2H3/t9-,11-/m1/s1. The highest BCUT2D eigenvalue weighted by molar-refractivity contribution is 5.70. The third-order valence-electron chi connectivity index (χ3n) is 2.99. The van der Waals surface area contributed by atoms with Gasteiger partial charge < -0.3 is 4.74 Å². The van der Waals surface area contributed by atoms with Crippen LogP contribution >= 0.6 is 0 Å². The summed E-state index contributed by atoms with van der Waals surface area (Å²) in [5, 5.41) is 0. The molecule has 1 amide bonds. The molecule has 4 nitrogen and oxygen atoms in total. The van der Waals surface area contributed by atoms with Crippen LogP contribution in [0.1, 0.15) is 25.8 Å². The Labute approximate surface area is 95.2 Å². The van der Waals surface area contributed by atoms with Crippen molar-refractivity contribution in [2.24, 2.45) is 0 Å². The third kappa shape index (κ3) is 2.01. The number of ether oxygens (including phenoxy) is 1. The van der Waals surface area contributed by atoms with Crippen LogP contribution in [0.15, 0.2) is 24.5 Å². The Morgan fingerprint density at radius 2 is 2.38 bits per heavy atom. The molecule has 0 spiro atoms. The van der Waals surface area contributed by atoms with Crippen molar-refractivity contribution >= 4 is 6.09 Å². The van der Waals surface area contributed by atoms with Gasteiger partial charge in [-0.2, -0.15) is 0 Å². The minimum absolute atomic E-state index is 0.0178. The SMILES string of the molecule is CC[C@H]1OC(=O)N(Cc2cccnc2)[C@@H]1C. The molecule has 16 heavy (non-hydrogen) atoms. The van der Waals surface area contributed by atoms with Crippen LogP contribution in [0.4, 0.5) is 4.79 Å². The van der Waals surface area contributed by atoms with Gasteiger partial charge in [0.05, 0.1) is 12.6 Å². The molecule has 1 aliphatic heterocycles. The van der Waals surface area contributed by atoms with E-state index in [-0.39, 0.29) is 18.2 Å². The van der Waals surface area contributed by atoms with Gasteiger partial charge in [-0.05, 0) is 25.0 Å². The number of carbonyl (C=O) groups is 1. The van der Waals surface area contributed by atoms with Gasteiger partial charge in [0.25, 0.3) is 0 Å². The minimum Gasteiger partial charge on any atom is -0.444 e. The normalized spacial score (nSPS) is 24.6. The summed E-state index contributed by atoms with van der Waals surface area (Å²) in [5.74, 6) is 0. The van der Waals surface area contributed by atoms with Gasteiger partial charge in [0.15, 0.2) is 0 Å². The average molecular weight is 220 g/mol. The molecule has 0 radical (unpaired) electrons. The van der Waals surface area contributed by atoms with Crippen molar-refractivity contribution < 1.29 is 9.53 Å². The number of pyridine rings is 1. The Balaban J connectivity index is 2.08. The van der Waals surface area contributed by atoms with Gasteiger partial charge in [0.2, 0.25) is 0 Å². The Hall–Kier alpha value is -1.58. The highest BCUT2D eigenvalue weighted by Gasteiger charge is 2.37. The van der Waals surface area contributed by atoms with Crippen molar-refractivity contribution in [3.05, 3.63) is 30.1 Å². The second kappa shape index (κ2) is 4.51. The lowest BCUT2D eigenvalue weighted by atomic mass is 10.1. The quantitative estimate of drug-likeness (QED) is 0.784. The molecule has 4 heteroatoms. The Bertz CT molecular complexity index is 367. The predicted molar refractivity (Wildman–Crippen MR) is 59.8 cm³/mol. The fourth-order valence-electron chi connectivity index (χ4n) is 1.98. The zero-order chi connectivity index (χ0) is 11.5. The van der Waals surface area contributed by atoms with Crippen LogP contribution in [-0.2, 0) is 11.3 Å². The van der Waals surface area contributed by atoms with Crippen molar-refractivity contribution in [1.82, 2.24) is 9.88 Å². The predicted octanol–water partition coefficient (Wildman–Crippen LogP) is 2.20. The van der Waals surface area contributed by atoms with E-state index < -0.39 is 0 Å². The van der Waals surface area contributed by atoms with Gasteiger partial charge in [-0.1, -0.05) is 13.0 Å². The monoisotopic (exact) mass is 220 g/mol. The van der Waals surface area contributed by atoms with Crippen molar-refractivity contribution in [3.8, 4) is 0 Å². The van der Waals surface area contributed by atoms with Gasteiger partial charge in [0.1, 0.15) is 6.10 Å². The van der Waals surface area contributed by atoms with Crippen LogP contribution in [0.3, 0.4) is 0 Å². The molecule has 0 saturated carbocycles. The summed E-state index contributed by atoms with van der Waals surface area (Å²) in [6.07, 6.45) is 4.16. The van der Waals surface area contributed by atoms with Crippen LogP contribution in [-0.4, -0.2) is 28.1 Å². The van der Waals surface area contributed by atoms with Crippen LogP contribution in [0, 0.1) is 0 Å². The van der Waals surface area contributed by atoms with Crippen molar-refractivity contribution in [2.75, 3.05) is 0 Å². The van der Waals surface area contributed by atoms with E-state index in [2.05, 4.69) is 4.98 Å². The molecule has 1 fully saturated rings. The first-order valence-electron chi connectivity index (χ1n) is 5.58. The molecular formula is C12H16N2O2. The summed E-state index contributed by atoms with van der Waals surface area (Å²) < 4.78 is 5.27. The molecular weight excluding hydrogens is 204 g/mol. The molecule has 0 unspecified atom stereocenters. The minimum atomic E-state index is -0.219. The molecule has 1 aliphatic rings. The zero-order valence-electron chi connectivity index (χ0n) is 9.59. The van der Waals surface area contributed by atoms with E-state index in [0.29, 0.717) is 6.54 Å². The lowest BCUT2D eigenvalue weighted by molar-refractivity contribution is 0.128. The highest BCUT2D eigenvalue weighted by Crippen LogP contribution is 2.23. The molecule has 2 heterocycles. The lowest BCUT2D eigenvalue weighted by Gasteiger charge is -2.19. The first-order valence-corrected chi connectivity index (χ1v) is 5.58. The van der Waals surface area contributed by atoms with E-state index in [4.69, 9.17) is 4.74 Å². The fraction of sp³-hybridized carbons (Fsp3) is 0.500. The van der Waals surface area contributed by atoms with Crippen molar-refractivity contribution in [1.29, 1.82) is 0 Å². The van der Waals surface area contributed by atoms with Crippen LogP contribution in [0.5, 0.6) is 0 Å². The maximum Gasteiger partial charge on any atom is 0.410 e. The summed E-state index contributed by atoms with van der Waals surface area (Å²) >= 11 is 0. The van der Waals surface area contributed by atoms with Crippen LogP contribution < -0.4 is 0 Å². The molecule has 2 rings (SSSR count). The second-order valence-electron chi connectivity index (χ2n) is 4.06. The molecule has 0 bridgehead atoms. The summed E-state index contributed by atoms with van der Waals surface area (Å²) in [6, 6.07) is 3.98. The van der Waals surface area contributed by atoms with Gasteiger partial charge in [-0.25, -0.2) is 4.79 Å². The van der Waals surface area contributed by atoms with Gasteiger partial charge >= 0.3 is 6.09 Å². The number of aromatic nitrogens is 1. The Morgan fingerprint density at radius 1 is 1.56 bits per heavy atom. The summed E-state index contributed by atoms with van der Waals surface area (Å²) in [5.41, 5.74) is 1.03. The molecule has 1 aromatic heterocycles. The second-order valence-corrected chi connectivity index (χ2v) is 4.06. The van der Waals surface area contributed by atoms with E-state index in [9.17, 15) is 4.79 Å². The van der Waals surface area contributed by atoms with Crippen molar-refractivity contribution in [2.45, 2.75) is 39.0 Å². The fourth-order valence-corrected chi connectivity index (χ4v) is 1.98. The molecule has 2 atom stereocenters. The Kier molecular flexibility index (Phi) is 3.08. The van der Waals surface area contributed by atoms with E-state index >= 15 is 0 Å². The van der Waals surface area contributed by atoms with E-state index in [1.54, 1.807) is 17.3 Å². The number of amides is 1. The molecule has 0 N–H and O–H groups in total. The lowest BCUT2D eigenvalue weighted by Crippen LogP contribution is -2.33. The van der Waals surface area contributed by atoms with Gasteiger partial charge in [-0.15, -0.1) is 0 Å². The molecule has 86 valence electrons. The van der Waals surface area contributed by atoms with Crippen LogP contribution in [0.2, 0.25) is 0 Å². The number of nitrogens with zero attached hydrogens (tertiary/aromatic N) is 2. The van der Waals surface area contributed by atoms with Crippen molar-refractivity contribution in [3.63, 3.8) is 0 Å². The smallest absolute Gasteiger partial charge is 0.410 e. The molecule has 1 aromatic rings. The largest absolute Gasteiger partial charge is 0.444 e. The third-order valence-corrected chi connectivity index (χ3v) is 2.99. The maximum absolute atomic E-state index is 11.6. The first-order chi connectivity index (χ1) is 7.72. The zero-order valence-corrected chi connectivity index (χ0v) is 9.59. The summed E-state index contributed by atoms with van der Waals surface area (Å²) in [4.78, 5) is 17.4. The number of hydrogen-bond acceptors (Lipinski definition) is 3. The van der Waals surface area contributed by atoms with E-state index in [1.165, 1.54) is 0 Å². The topological polar surface area (TPSA) is 42.4 Å². The highest BCUT2D eigenvalue weighted by atomic mass is 16.6. The molecule has 0 aliphatic carbocycles. The van der Waals surface area contributed by atoms with E-state index in [1.807, 2.05) is 26.0 Å². The number of hydrogen-bond donors (Lipinski definition) is 0. The van der Waals surface area contributed by atoms with Gasteiger partial charge in [0, 0.05) is 12.4 Å². The molecule has 0 aromatic carbocycles. The maximum atomic E-state index is 11.6. The van der Waals surface area contributed by atoms with E-state index in [0.717, 1.165) is 12.0 Å². The summed E-state index contributed by atoms with van der Waals surface area (Å²) in [7, 11) is 0. The van der Waals surface area contributed by atoms with Crippen LogP contribution in [0.25, 0.3) is 0 Å². The number of carbonyl (C=O) groups excluding carboxylic acids is 1. The first kappa shape index (κ1) is 10.9.